The van der Waals surface area contributed by atoms with Gasteiger partial charge in [-0.15, -0.1) is 0 Å². The number of nitrogens with zero attached hydrogens (tertiary/aromatic N) is 2. The molecule has 3 aromatic rings. The van der Waals surface area contributed by atoms with Gasteiger partial charge in [0.05, 0.1) is 24.5 Å². The van der Waals surface area contributed by atoms with E-state index in [-0.39, 0.29) is 0 Å². The Labute approximate surface area is 142 Å². The van der Waals surface area contributed by atoms with Gasteiger partial charge in [0.25, 0.3) is 0 Å². The molecule has 0 spiro atoms. The van der Waals surface area contributed by atoms with E-state index in [1.165, 1.54) is 5.56 Å². The van der Waals surface area contributed by atoms with Crippen molar-refractivity contribution in [3.8, 4) is 17.0 Å². The lowest BCUT2D eigenvalue weighted by Gasteiger charge is -2.09. The van der Waals surface area contributed by atoms with E-state index >= 15 is 0 Å². The maximum Gasteiger partial charge on any atom is 0.119 e. The van der Waals surface area contributed by atoms with Gasteiger partial charge in [0.15, 0.2) is 0 Å². The topological polar surface area (TPSA) is 53.1 Å². The fourth-order valence-electron chi connectivity index (χ4n) is 2.74. The molecule has 4 heteroatoms. The van der Waals surface area contributed by atoms with E-state index in [0.29, 0.717) is 13.2 Å². The van der Waals surface area contributed by atoms with Gasteiger partial charge >= 0.3 is 0 Å². The summed E-state index contributed by atoms with van der Waals surface area (Å²) in [5.41, 5.74) is 10.2. The SMILES string of the molecule is CCOc1ccc(-c2cc(CCN)nn2Cc2ccccc2)cc1. The van der Waals surface area contributed by atoms with E-state index in [4.69, 9.17) is 15.6 Å². The molecule has 24 heavy (non-hydrogen) atoms. The number of ether oxygens (including phenoxy) is 1. The lowest BCUT2D eigenvalue weighted by atomic mass is 10.1. The molecule has 0 bridgehead atoms. The van der Waals surface area contributed by atoms with E-state index in [0.717, 1.165) is 35.7 Å². The van der Waals surface area contributed by atoms with Crippen LogP contribution in [0.1, 0.15) is 18.2 Å². The highest BCUT2D eigenvalue weighted by Gasteiger charge is 2.10. The van der Waals surface area contributed by atoms with Crippen LogP contribution in [0.3, 0.4) is 0 Å². The third-order valence-corrected chi connectivity index (χ3v) is 3.87. The zero-order chi connectivity index (χ0) is 16.8. The summed E-state index contributed by atoms with van der Waals surface area (Å²) in [4.78, 5) is 0. The molecule has 124 valence electrons. The van der Waals surface area contributed by atoms with Crippen molar-refractivity contribution in [2.75, 3.05) is 13.2 Å². The summed E-state index contributed by atoms with van der Waals surface area (Å²) in [6, 6.07) is 20.7. The van der Waals surface area contributed by atoms with Gasteiger partial charge in [-0.2, -0.15) is 5.10 Å². The highest BCUT2D eigenvalue weighted by Crippen LogP contribution is 2.24. The van der Waals surface area contributed by atoms with Gasteiger partial charge in [0, 0.05) is 12.0 Å². The van der Waals surface area contributed by atoms with Gasteiger partial charge in [-0.1, -0.05) is 30.3 Å². The normalized spacial score (nSPS) is 10.8. The van der Waals surface area contributed by atoms with E-state index in [2.05, 4.69) is 47.1 Å². The van der Waals surface area contributed by atoms with Gasteiger partial charge in [0.2, 0.25) is 0 Å². The minimum absolute atomic E-state index is 0.602. The van der Waals surface area contributed by atoms with Gasteiger partial charge in [-0.05, 0) is 49.4 Å². The van der Waals surface area contributed by atoms with Crippen molar-refractivity contribution in [1.82, 2.24) is 9.78 Å². The number of hydrogen-bond acceptors (Lipinski definition) is 3. The summed E-state index contributed by atoms with van der Waals surface area (Å²) in [5.74, 6) is 0.887. The second-order valence-corrected chi connectivity index (χ2v) is 5.66. The predicted octanol–water partition coefficient (Wildman–Crippen LogP) is 3.50. The summed E-state index contributed by atoms with van der Waals surface area (Å²) < 4.78 is 7.58. The molecule has 0 aliphatic carbocycles. The summed E-state index contributed by atoms with van der Waals surface area (Å²) in [6.45, 7) is 4.01. The van der Waals surface area contributed by atoms with Gasteiger partial charge in [0.1, 0.15) is 5.75 Å². The Hall–Kier alpha value is -2.59. The number of nitrogens with two attached hydrogens (primary N) is 1. The van der Waals surface area contributed by atoms with Gasteiger partial charge < -0.3 is 10.5 Å². The second kappa shape index (κ2) is 7.79. The van der Waals surface area contributed by atoms with Crippen molar-refractivity contribution in [2.24, 2.45) is 5.73 Å². The average molecular weight is 321 g/mol. The molecular weight excluding hydrogens is 298 g/mol. The largest absolute Gasteiger partial charge is 0.494 e. The Morgan fingerprint density at radius 2 is 1.79 bits per heavy atom. The molecule has 1 aromatic heterocycles. The van der Waals surface area contributed by atoms with Crippen LogP contribution < -0.4 is 10.5 Å². The van der Waals surface area contributed by atoms with Crippen molar-refractivity contribution < 1.29 is 4.74 Å². The maximum atomic E-state index is 5.70. The van der Waals surface area contributed by atoms with Crippen molar-refractivity contribution in [3.63, 3.8) is 0 Å². The average Bonchev–Trinajstić information content (AvgIpc) is 2.99. The maximum absolute atomic E-state index is 5.70. The minimum atomic E-state index is 0.602. The van der Waals surface area contributed by atoms with Gasteiger partial charge in [-0.3, -0.25) is 4.68 Å². The van der Waals surface area contributed by atoms with Crippen LogP contribution in [0.25, 0.3) is 11.3 Å². The summed E-state index contributed by atoms with van der Waals surface area (Å²) in [6.07, 6.45) is 0.784. The van der Waals surface area contributed by atoms with E-state index in [1.54, 1.807) is 0 Å². The van der Waals surface area contributed by atoms with Crippen LogP contribution in [-0.4, -0.2) is 22.9 Å². The molecule has 0 fully saturated rings. The first-order valence-corrected chi connectivity index (χ1v) is 8.34. The van der Waals surface area contributed by atoms with Crippen molar-refractivity contribution in [1.29, 1.82) is 0 Å². The molecule has 0 saturated heterocycles. The number of aromatic nitrogens is 2. The quantitative estimate of drug-likeness (QED) is 0.724. The van der Waals surface area contributed by atoms with E-state index < -0.39 is 0 Å². The molecule has 4 nitrogen and oxygen atoms in total. The minimum Gasteiger partial charge on any atom is -0.494 e. The molecule has 0 aliphatic rings. The second-order valence-electron chi connectivity index (χ2n) is 5.66. The van der Waals surface area contributed by atoms with Crippen LogP contribution in [0, 0.1) is 0 Å². The first-order valence-electron chi connectivity index (χ1n) is 8.34. The van der Waals surface area contributed by atoms with Crippen molar-refractivity contribution >= 4 is 0 Å². The molecule has 0 saturated carbocycles. The highest BCUT2D eigenvalue weighted by atomic mass is 16.5. The van der Waals surface area contributed by atoms with E-state index in [1.807, 2.05) is 25.1 Å². The Balaban J connectivity index is 1.92. The monoisotopic (exact) mass is 321 g/mol. The highest BCUT2D eigenvalue weighted by molar-refractivity contribution is 5.61. The number of rotatable bonds is 7. The standard InChI is InChI=1S/C20H23N3O/c1-2-24-19-10-8-17(9-11-19)20-14-18(12-13-21)22-23(20)15-16-6-4-3-5-7-16/h3-11,14H,2,12-13,15,21H2,1H3. The number of hydrogen-bond donors (Lipinski definition) is 1. The lowest BCUT2D eigenvalue weighted by molar-refractivity contribution is 0.340. The predicted molar refractivity (Wildman–Crippen MR) is 97.1 cm³/mol. The van der Waals surface area contributed by atoms with Crippen LogP contribution in [0.4, 0.5) is 0 Å². The zero-order valence-electron chi connectivity index (χ0n) is 14.0. The molecule has 2 aromatic carbocycles. The molecule has 0 unspecified atom stereocenters. The summed E-state index contributed by atoms with van der Waals surface area (Å²) in [5, 5.41) is 4.74. The molecule has 0 atom stereocenters. The van der Waals surface area contributed by atoms with Gasteiger partial charge in [-0.25, -0.2) is 0 Å². The molecule has 2 N–H and O–H groups in total. The molecule has 0 radical (unpaired) electrons. The molecule has 3 rings (SSSR count). The van der Waals surface area contributed by atoms with Crippen molar-refractivity contribution in [2.45, 2.75) is 19.9 Å². The van der Waals surface area contributed by atoms with Crippen LogP contribution in [-0.2, 0) is 13.0 Å². The first-order chi connectivity index (χ1) is 11.8. The summed E-state index contributed by atoms with van der Waals surface area (Å²) in [7, 11) is 0. The summed E-state index contributed by atoms with van der Waals surface area (Å²) >= 11 is 0. The molecule has 0 aliphatic heterocycles. The molecule has 0 amide bonds. The molecule has 1 heterocycles. The van der Waals surface area contributed by atoms with Crippen LogP contribution in [0.15, 0.2) is 60.7 Å². The first kappa shape index (κ1) is 16.3. The Kier molecular flexibility index (Phi) is 5.29. The fourth-order valence-corrected chi connectivity index (χ4v) is 2.74. The Morgan fingerprint density at radius 1 is 1.04 bits per heavy atom. The van der Waals surface area contributed by atoms with E-state index in [9.17, 15) is 0 Å². The number of benzene rings is 2. The Morgan fingerprint density at radius 3 is 2.46 bits per heavy atom. The Bertz CT molecular complexity index is 763. The lowest BCUT2D eigenvalue weighted by Crippen LogP contribution is -2.06. The fraction of sp³-hybridized carbons (Fsp3) is 0.250. The third-order valence-electron chi connectivity index (χ3n) is 3.87. The van der Waals surface area contributed by atoms with Crippen LogP contribution in [0.2, 0.25) is 0 Å². The van der Waals surface area contributed by atoms with Crippen LogP contribution >= 0.6 is 0 Å². The van der Waals surface area contributed by atoms with Crippen LogP contribution in [0.5, 0.6) is 5.75 Å². The zero-order valence-corrected chi connectivity index (χ0v) is 14.0. The molecular formula is C20H23N3O. The smallest absolute Gasteiger partial charge is 0.119 e. The van der Waals surface area contributed by atoms with Crippen molar-refractivity contribution in [3.05, 3.63) is 71.9 Å². The third kappa shape index (κ3) is 3.84.